The van der Waals surface area contributed by atoms with E-state index in [1.165, 1.54) is 5.56 Å². The van der Waals surface area contributed by atoms with Crippen molar-refractivity contribution < 1.29 is 4.74 Å². The Bertz CT molecular complexity index is 307. The Balaban J connectivity index is 2.58. The minimum Gasteiger partial charge on any atom is -0.385 e. The van der Waals surface area contributed by atoms with E-state index >= 15 is 0 Å². The molecule has 1 aromatic heterocycles. The summed E-state index contributed by atoms with van der Waals surface area (Å²) in [6.45, 7) is 9.55. The lowest BCUT2D eigenvalue weighted by Crippen LogP contribution is -2.25. The van der Waals surface area contributed by atoms with Crippen molar-refractivity contribution in [3.8, 4) is 0 Å². The van der Waals surface area contributed by atoms with E-state index in [1.807, 2.05) is 0 Å². The maximum Gasteiger partial charge on any atom is 0.0479 e. The van der Waals surface area contributed by atoms with Crippen molar-refractivity contribution in [2.24, 2.45) is 5.92 Å². The van der Waals surface area contributed by atoms with Gasteiger partial charge in [0.2, 0.25) is 0 Å². The molecule has 1 unspecified atom stereocenters. The van der Waals surface area contributed by atoms with Gasteiger partial charge in [-0.05, 0) is 30.5 Å². The molecule has 3 heteroatoms. The third kappa shape index (κ3) is 4.52. The summed E-state index contributed by atoms with van der Waals surface area (Å²) in [4.78, 5) is 0. The van der Waals surface area contributed by atoms with Crippen LogP contribution in [0.4, 0.5) is 0 Å². The SMILES string of the molecule is CCNC(c1ccn(CCCOC)c1)C(C)C. The molecule has 0 radical (unpaired) electrons. The smallest absolute Gasteiger partial charge is 0.0479 e. The second-order valence-corrected chi connectivity index (χ2v) is 4.81. The predicted molar refractivity (Wildman–Crippen MR) is 72.2 cm³/mol. The molecule has 0 fully saturated rings. The van der Waals surface area contributed by atoms with Gasteiger partial charge in [0.1, 0.15) is 0 Å². The Kier molecular flexibility index (Phi) is 6.30. The van der Waals surface area contributed by atoms with E-state index in [1.54, 1.807) is 7.11 Å². The summed E-state index contributed by atoms with van der Waals surface area (Å²) in [7, 11) is 1.75. The van der Waals surface area contributed by atoms with Crippen molar-refractivity contribution in [3.63, 3.8) is 0 Å². The average Bonchev–Trinajstić information content (AvgIpc) is 2.74. The van der Waals surface area contributed by atoms with Gasteiger partial charge in [0.15, 0.2) is 0 Å². The molecule has 0 saturated carbocycles. The first-order chi connectivity index (χ1) is 8.19. The number of rotatable bonds is 8. The van der Waals surface area contributed by atoms with Gasteiger partial charge in [-0.2, -0.15) is 0 Å². The zero-order valence-electron chi connectivity index (χ0n) is 11.6. The lowest BCUT2D eigenvalue weighted by atomic mass is 9.98. The van der Waals surface area contributed by atoms with Gasteiger partial charge in [-0.1, -0.05) is 20.8 Å². The lowest BCUT2D eigenvalue weighted by Gasteiger charge is -2.20. The van der Waals surface area contributed by atoms with Crippen LogP contribution < -0.4 is 5.32 Å². The van der Waals surface area contributed by atoms with Gasteiger partial charge in [-0.25, -0.2) is 0 Å². The van der Waals surface area contributed by atoms with Gasteiger partial charge in [0.25, 0.3) is 0 Å². The number of nitrogens with zero attached hydrogens (tertiary/aromatic N) is 1. The summed E-state index contributed by atoms with van der Waals surface area (Å²) in [6.07, 6.45) is 5.48. The minimum absolute atomic E-state index is 0.462. The van der Waals surface area contributed by atoms with E-state index in [9.17, 15) is 0 Å². The van der Waals surface area contributed by atoms with Gasteiger partial charge in [0.05, 0.1) is 0 Å². The monoisotopic (exact) mass is 238 g/mol. The molecule has 1 atom stereocenters. The first-order valence-electron chi connectivity index (χ1n) is 6.57. The van der Waals surface area contributed by atoms with Crippen LogP contribution in [-0.2, 0) is 11.3 Å². The Morgan fingerprint density at radius 1 is 1.41 bits per heavy atom. The molecule has 0 aliphatic carbocycles. The molecule has 1 aromatic rings. The summed E-state index contributed by atoms with van der Waals surface area (Å²) in [5.41, 5.74) is 1.39. The number of ether oxygens (including phenoxy) is 1. The molecule has 0 aromatic carbocycles. The van der Waals surface area contributed by atoms with Crippen LogP contribution in [0.1, 0.15) is 38.8 Å². The van der Waals surface area contributed by atoms with Crippen LogP contribution >= 0.6 is 0 Å². The van der Waals surface area contributed by atoms with Gasteiger partial charge < -0.3 is 14.6 Å². The summed E-state index contributed by atoms with van der Waals surface area (Å²) >= 11 is 0. The molecule has 0 spiro atoms. The van der Waals surface area contributed by atoms with Crippen molar-refractivity contribution in [1.82, 2.24) is 9.88 Å². The topological polar surface area (TPSA) is 26.2 Å². The molecule has 0 saturated heterocycles. The first-order valence-corrected chi connectivity index (χ1v) is 6.57. The van der Waals surface area contributed by atoms with Crippen LogP contribution in [0.15, 0.2) is 18.5 Å². The molecule has 3 nitrogen and oxygen atoms in total. The molecule has 0 amide bonds. The van der Waals surface area contributed by atoms with Gasteiger partial charge in [-0.15, -0.1) is 0 Å². The van der Waals surface area contributed by atoms with E-state index in [0.717, 1.165) is 26.1 Å². The third-order valence-corrected chi connectivity index (χ3v) is 2.99. The van der Waals surface area contributed by atoms with Gasteiger partial charge in [-0.3, -0.25) is 0 Å². The molecule has 1 rings (SSSR count). The first kappa shape index (κ1) is 14.3. The average molecular weight is 238 g/mol. The Labute approximate surface area is 105 Å². The zero-order chi connectivity index (χ0) is 12.7. The summed E-state index contributed by atoms with van der Waals surface area (Å²) in [6, 6.07) is 2.68. The fraction of sp³-hybridized carbons (Fsp3) is 0.714. The highest BCUT2D eigenvalue weighted by molar-refractivity contribution is 5.16. The summed E-state index contributed by atoms with van der Waals surface area (Å²) < 4.78 is 7.32. The fourth-order valence-electron chi connectivity index (χ4n) is 2.13. The maximum absolute atomic E-state index is 5.07. The number of aryl methyl sites for hydroxylation is 1. The Morgan fingerprint density at radius 2 is 2.18 bits per heavy atom. The minimum atomic E-state index is 0.462. The van der Waals surface area contributed by atoms with Crippen LogP contribution in [0.25, 0.3) is 0 Å². The van der Waals surface area contributed by atoms with Crippen molar-refractivity contribution >= 4 is 0 Å². The second kappa shape index (κ2) is 7.51. The Hall–Kier alpha value is -0.800. The van der Waals surface area contributed by atoms with Crippen LogP contribution in [0.3, 0.4) is 0 Å². The number of hydrogen-bond acceptors (Lipinski definition) is 2. The standard InChI is InChI=1S/C14H26N2O/c1-5-15-14(12(2)3)13-7-9-16(11-13)8-6-10-17-4/h7,9,11-12,14-15H,5-6,8,10H2,1-4H3. The van der Waals surface area contributed by atoms with Crippen molar-refractivity contribution in [1.29, 1.82) is 0 Å². The maximum atomic E-state index is 5.07. The third-order valence-electron chi connectivity index (χ3n) is 2.99. The van der Waals surface area contributed by atoms with E-state index in [-0.39, 0.29) is 0 Å². The van der Waals surface area contributed by atoms with Gasteiger partial charge in [0, 0.05) is 38.7 Å². The molecule has 1 N–H and O–H groups in total. The van der Waals surface area contributed by atoms with Crippen LogP contribution in [0.5, 0.6) is 0 Å². The normalized spacial score (nSPS) is 13.2. The summed E-state index contributed by atoms with van der Waals surface area (Å²) in [5.74, 6) is 0.616. The van der Waals surface area contributed by atoms with E-state index in [0.29, 0.717) is 12.0 Å². The largest absolute Gasteiger partial charge is 0.385 e. The van der Waals surface area contributed by atoms with Gasteiger partial charge >= 0.3 is 0 Å². The van der Waals surface area contributed by atoms with Crippen molar-refractivity contribution in [2.75, 3.05) is 20.3 Å². The number of methoxy groups -OCH3 is 1. The molecule has 17 heavy (non-hydrogen) atoms. The van der Waals surface area contributed by atoms with Crippen LogP contribution in [-0.4, -0.2) is 24.8 Å². The molecule has 0 aliphatic heterocycles. The molecule has 1 heterocycles. The number of aromatic nitrogens is 1. The zero-order valence-corrected chi connectivity index (χ0v) is 11.6. The van der Waals surface area contributed by atoms with E-state index in [2.05, 4.69) is 49.1 Å². The lowest BCUT2D eigenvalue weighted by molar-refractivity contribution is 0.190. The van der Waals surface area contributed by atoms with Crippen LogP contribution in [0.2, 0.25) is 0 Å². The highest BCUT2D eigenvalue weighted by Crippen LogP contribution is 2.21. The van der Waals surface area contributed by atoms with Crippen molar-refractivity contribution in [3.05, 3.63) is 24.0 Å². The highest BCUT2D eigenvalue weighted by atomic mass is 16.5. The van der Waals surface area contributed by atoms with E-state index in [4.69, 9.17) is 4.74 Å². The number of hydrogen-bond donors (Lipinski definition) is 1. The number of nitrogens with one attached hydrogen (secondary N) is 1. The molecular weight excluding hydrogens is 212 g/mol. The summed E-state index contributed by atoms with van der Waals surface area (Å²) in [5, 5.41) is 3.54. The predicted octanol–water partition coefficient (Wildman–Crippen LogP) is 2.83. The van der Waals surface area contributed by atoms with Crippen LogP contribution in [0, 0.1) is 5.92 Å². The van der Waals surface area contributed by atoms with Crippen molar-refractivity contribution in [2.45, 2.75) is 39.8 Å². The van der Waals surface area contributed by atoms with E-state index < -0.39 is 0 Å². The molecule has 0 bridgehead atoms. The fourth-order valence-corrected chi connectivity index (χ4v) is 2.13. The molecule has 0 aliphatic rings. The second-order valence-electron chi connectivity index (χ2n) is 4.81. The molecule has 98 valence electrons. The molecular formula is C14H26N2O. The Morgan fingerprint density at radius 3 is 2.76 bits per heavy atom. The quantitative estimate of drug-likeness (QED) is 0.705. The highest BCUT2D eigenvalue weighted by Gasteiger charge is 2.15.